The molecular formula is C24H20O4. The molecule has 28 heavy (non-hydrogen) atoms. The Bertz CT molecular complexity index is 1090. The van der Waals surface area contributed by atoms with Gasteiger partial charge in [0.15, 0.2) is 11.6 Å². The molecule has 0 heterocycles. The smallest absolute Gasteiger partial charge is 0.160 e. The summed E-state index contributed by atoms with van der Waals surface area (Å²) in [6.45, 7) is 3.00. The van der Waals surface area contributed by atoms with Gasteiger partial charge in [0, 0.05) is 21.9 Å². The molecule has 2 N–H and O–H groups in total. The SMILES string of the molecule is CC(=O)c1cccc2cccc(O)c12.CC(=O)c1cccc2cccc(O)c12. The fourth-order valence-corrected chi connectivity index (χ4v) is 3.23. The van der Waals surface area contributed by atoms with Gasteiger partial charge in [0.05, 0.1) is 0 Å². The number of carbonyl (C=O) groups is 2. The van der Waals surface area contributed by atoms with Crippen LogP contribution in [0.3, 0.4) is 0 Å². The van der Waals surface area contributed by atoms with Crippen molar-refractivity contribution in [3.8, 4) is 11.5 Å². The second kappa shape index (κ2) is 7.92. The molecule has 0 atom stereocenters. The molecule has 4 aromatic carbocycles. The molecule has 0 fully saturated rings. The van der Waals surface area contributed by atoms with Gasteiger partial charge in [0.2, 0.25) is 0 Å². The lowest BCUT2D eigenvalue weighted by molar-refractivity contribution is 0.101. The predicted molar refractivity (Wildman–Crippen MR) is 111 cm³/mol. The van der Waals surface area contributed by atoms with Crippen LogP contribution in [0.1, 0.15) is 34.6 Å². The van der Waals surface area contributed by atoms with Crippen LogP contribution in [0.5, 0.6) is 11.5 Å². The molecular weight excluding hydrogens is 352 g/mol. The fourth-order valence-electron chi connectivity index (χ4n) is 3.23. The summed E-state index contributed by atoms with van der Waals surface area (Å²) >= 11 is 0. The van der Waals surface area contributed by atoms with Gasteiger partial charge in [-0.3, -0.25) is 9.59 Å². The summed E-state index contributed by atoms with van der Waals surface area (Å²) in [4.78, 5) is 22.6. The summed E-state index contributed by atoms with van der Waals surface area (Å²) in [5, 5.41) is 22.4. The Morgan fingerprint density at radius 2 is 0.893 bits per heavy atom. The van der Waals surface area contributed by atoms with Crippen molar-refractivity contribution in [1.29, 1.82) is 0 Å². The van der Waals surface area contributed by atoms with Crippen molar-refractivity contribution in [3.05, 3.63) is 83.9 Å². The number of benzene rings is 4. The Morgan fingerprint density at radius 1 is 0.571 bits per heavy atom. The van der Waals surface area contributed by atoms with Crippen LogP contribution in [0.2, 0.25) is 0 Å². The van der Waals surface area contributed by atoms with E-state index < -0.39 is 0 Å². The number of Topliss-reactive ketones (excluding diaryl/α,β-unsaturated/α-hetero) is 2. The summed E-state index contributed by atoms with van der Waals surface area (Å²) in [6, 6.07) is 21.3. The highest BCUT2D eigenvalue weighted by atomic mass is 16.3. The highest BCUT2D eigenvalue weighted by Crippen LogP contribution is 2.28. The highest BCUT2D eigenvalue weighted by Gasteiger charge is 2.09. The predicted octanol–water partition coefficient (Wildman–Crippen LogP) is 5.50. The van der Waals surface area contributed by atoms with Crippen LogP contribution in [0, 0.1) is 0 Å². The first kappa shape index (κ1) is 19.1. The Labute approximate surface area is 162 Å². The van der Waals surface area contributed by atoms with Gasteiger partial charge < -0.3 is 10.2 Å². The first-order valence-corrected chi connectivity index (χ1v) is 8.83. The number of phenolic OH excluding ortho intramolecular Hbond substituents is 2. The number of hydrogen-bond donors (Lipinski definition) is 2. The van der Waals surface area contributed by atoms with Gasteiger partial charge in [-0.15, -0.1) is 0 Å². The number of rotatable bonds is 2. The normalized spacial score (nSPS) is 10.4. The molecule has 0 amide bonds. The van der Waals surface area contributed by atoms with Crippen LogP contribution < -0.4 is 0 Å². The van der Waals surface area contributed by atoms with Crippen LogP contribution in [0.25, 0.3) is 21.5 Å². The van der Waals surface area contributed by atoms with Gasteiger partial charge in [-0.1, -0.05) is 60.7 Å². The summed E-state index contributed by atoms with van der Waals surface area (Å²) in [7, 11) is 0. The zero-order valence-electron chi connectivity index (χ0n) is 15.6. The van der Waals surface area contributed by atoms with E-state index in [4.69, 9.17) is 0 Å². The van der Waals surface area contributed by atoms with Crippen LogP contribution in [0.4, 0.5) is 0 Å². The molecule has 4 rings (SSSR count). The summed E-state index contributed by atoms with van der Waals surface area (Å²) in [5.41, 5.74) is 1.14. The zero-order valence-corrected chi connectivity index (χ0v) is 15.6. The van der Waals surface area contributed by atoms with E-state index in [0.717, 1.165) is 10.8 Å². The van der Waals surface area contributed by atoms with Crippen molar-refractivity contribution >= 4 is 33.1 Å². The Morgan fingerprint density at radius 3 is 1.21 bits per heavy atom. The van der Waals surface area contributed by atoms with E-state index in [0.29, 0.717) is 21.9 Å². The van der Waals surface area contributed by atoms with Gasteiger partial charge in [0.1, 0.15) is 11.5 Å². The van der Waals surface area contributed by atoms with E-state index >= 15 is 0 Å². The maximum Gasteiger partial charge on any atom is 0.160 e. The van der Waals surface area contributed by atoms with Gasteiger partial charge in [-0.05, 0) is 36.8 Å². The Kier molecular flexibility index (Phi) is 5.41. The van der Waals surface area contributed by atoms with Crippen molar-refractivity contribution in [2.75, 3.05) is 0 Å². The average molecular weight is 372 g/mol. The number of hydrogen-bond acceptors (Lipinski definition) is 4. The molecule has 0 radical (unpaired) electrons. The second-order valence-corrected chi connectivity index (χ2v) is 6.47. The van der Waals surface area contributed by atoms with E-state index in [9.17, 15) is 19.8 Å². The van der Waals surface area contributed by atoms with Gasteiger partial charge in [-0.25, -0.2) is 0 Å². The minimum atomic E-state index is -0.0305. The minimum absolute atomic E-state index is 0.0305. The molecule has 0 saturated heterocycles. The topological polar surface area (TPSA) is 74.6 Å². The van der Waals surface area contributed by atoms with Gasteiger partial charge in [-0.2, -0.15) is 0 Å². The lowest BCUT2D eigenvalue weighted by atomic mass is 10.0. The molecule has 0 spiro atoms. The highest BCUT2D eigenvalue weighted by molar-refractivity contribution is 6.10. The molecule has 0 unspecified atom stereocenters. The molecule has 0 aliphatic heterocycles. The van der Waals surface area contributed by atoms with E-state index in [2.05, 4.69) is 0 Å². The van der Waals surface area contributed by atoms with E-state index in [1.54, 1.807) is 36.4 Å². The van der Waals surface area contributed by atoms with E-state index in [-0.39, 0.29) is 23.1 Å². The van der Waals surface area contributed by atoms with Crippen LogP contribution >= 0.6 is 0 Å². The average Bonchev–Trinajstić information content (AvgIpc) is 2.68. The lowest BCUT2D eigenvalue weighted by Crippen LogP contribution is -1.93. The van der Waals surface area contributed by atoms with Crippen molar-refractivity contribution in [2.24, 2.45) is 0 Å². The number of aromatic hydroxyl groups is 2. The molecule has 140 valence electrons. The summed E-state index contributed by atoms with van der Waals surface area (Å²) in [5.74, 6) is 0.260. The molecule has 0 saturated carbocycles. The Hall–Kier alpha value is -3.66. The molecule has 4 heteroatoms. The number of carbonyl (C=O) groups excluding carboxylic acids is 2. The van der Waals surface area contributed by atoms with Crippen molar-refractivity contribution < 1.29 is 19.8 Å². The van der Waals surface area contributed by atoms with Crippen LogP contribution in [-0.4, -0.2) is 21.8 Å². The fraction of sp³-hybridized carbons (Fsp3) is 0.0833. The quantitative estimate of drug-likeness (QED) is 0.456. The minimum Gasteiger partial charge on any atom is -0.507 e. The third-order valence-electron chi connectivity index (χ3n) is 4.52. The molecule has 0 aromatic heterocycles. The van der Waals surface area contributed by atoms with Gasteiger partial charge in [0.25, 0.3) is 0 Å². The molecule has 0 aliphatic rings. The standard InChI is InChI=1S/2C12H10O2/c2*1-8(13)10-6-2-4-9-5-3-7-11(14)12(9)10/h2*2-7,14H,1H3. The maximum absolute atomic E-state index is 11.3. The Balaban J connectivity index is 0.000000161. The zero-order chi connectivity index (χ0) is 20.3. The molecule has 0 bridgehead atoms. The second-order valence-electron chi connectivity index (χ2n) is 6.47. The van der Waals surface area contributed by atoms with Crippen molar-refractivity contribution in [2.45, 2.75) is 13.8 Å². The van der Waals surface area contributed by atoms with E-state index in [1.807, 2.05) is 36.4 Å². The van der Waals surface area contributed by atoms with Crippen LogP contribution in [-0.2, 0) is 0 Å². The number of phenols is 2. The molecule has 4 aromatic rings. The number of fused-ring (bicyclic) bond motifs is 2. The maximum atomic E-state index is 11.3. The molecule has 4 nitrogen and oxygen atoms in total. The number of ketones is 2. The third-order valence-corrected chi connectivity index (χ3v) is 4.52. The van der Waals surface area contributed by atoms with Crippen LogP contribution in [0.15, 0.2) is 72.8 Å². The van der Waals surface area contributed by atoms with E-state index in [1.165, 1.54) is 13.8 Å². The monoisotopic (exact) mass is 372 g/mol. The third kappa shape index (κ3) is 3.71. The summed E-state index contributed by atoms with van der Waals surface area (Å²) in [6.07, 6.45) is 0. The van der Waals surface area contributed by atoms with Crippen molar-refractivity contribution in [1.82, 2.24) is 0 Å². The first-order chi connectivity index (χ1) is 13.4. The summed E-state index contributed by atoms with van der Waals surface area (Å²) < 4.78 is 0. The first-order valence-electron chi connectivity index (χ1n) is 8.83. The largest absolute Gasteiger partial charge is 0.507 e. The van der Waals surface area contributed by atoms with Crippen molar-refractivity contribution in [3.63, 3.8) is 0 Å². The lowest BCUT2D eigenvalue weighted by Gasteiger charge is -2.04. The molecule has 0 aliphatic carbocycles. The van der Waals surface area contributed by atoms with Gasteiger partial charge >= 0.3 is 0 Å².